The first kappa shape index (κ1) is 20.0. The molecular formula is C20H22N2O5. The molecule has 27 heavy (non-hydrogen) atoms. The van der Waals surface area contributed by atoms with Gasteiger partial charge in [-0.15, -0.1) is 0 Å². The van der Waals surface area contributed by atoms with Crippen LogP contribution in [-0.2, 0) is 20.7 Å². The molecule has 0 fully saturated rings. The molecule has 0 bridgehead atoms. The van der Waals surface area contributed by atoms with Gasteiger partial charge in [0.15, 0.2) is 12.7 Å². The van der Waals surface area contributed by atoms with Gasteiger partial charge >= 0.3 is 5.97 Å². The Morgan fingerprint density at radius 1 is 1.04 bits per heavy atom. The van der Waals surface area contributed by atoms with Gasteiger partial charge in [-0.2, -0.15) is 0 Å². The summed E-state index contributed by atoms with van der Waals surface area (Å²) in [5.74, 6) is -1.26. The predicted octanol–water partition coefficient (Wildman–Crippen LogP) is 2.30. The quantitative estimate of drug-likeness (QED) is 0.693. The molecule has 3 N–H and O–H groups in total. The van der Waals surface area contributed by atoms with Crippen LogP contribution >= 0.6 is 0 Å². The zero-order valence-electron chi connectivity index (χ0n) is 15.2. The largest absolute Gasteiger partial charge is 0.484 e. The third-order valence-corrected chi connectivity index (χ3v) is 3.75. The first-order chi connectivity index (χ1) is 12.9. The number of carbonyl (C=O) groups excluding carboxylic acids is 3. The predicted molar refractivity (Wildman–Crippen MR) is 100 cm³/mol. The molecule has 142 valence electrons. The van der Waals surface area contributed by atoms with E-state index in [2.05, 4.69) is 5.32 Å². The van der Waals surface area contributed by atoms with Crippen molar-refractivity contribution in [2.24, 2.45) is 5.73 Å². The number of aryl methyl sites for hydroxylation is 1. The van der Waals surface area contributed by atoms with Crippen LogP contribution in [-0.4, -0.2) is 30.5 Å². The van der Waals surface area contributed by atoms with E-state index >= 15 is 0 Å². The molecule has 0 aromatic heterocycles. The van der Waals surface area contributed by atoms with E-state index in [-0.39, 0.29) is 12.2 Å². The lowest BCUT2D eigenvalue weighted by molar-refractivity contribution is -0.123. The van der Waals surface area contributed by atoms with Crippen LogP contribution in [0.4, 0.5) is 5.69 Å². The number of hydrogen-bond acceptors (Lipinski definition) is 5. The summed E-state index contributed by atoms with van der Waals surface area (Å²) in [6.07, 6.45) is -0.0524. The SMILES string of the molecule is CCc1ccc(NC(=O)[C@H](C)OC(=O)c2ccc(OCC(N)=O)cc2)cc1. The van der Waals surface area contributed by atoms with Crippen LogP contribution in [0.2, 0.25) is 0 Å². The normalized spacial score (nSPS) is 11.3. The zero-order chi connectivity index (χ0) is 19.8. The molecule has 0 heterocycles. The van der Waals surface area contributed by atoms with Crippen LogP contribution < -0.4 is 15.8 Å². The number of primary amides is 1. The Labute approximate surface area is 157 Å². The number of nitrogens with two attached hydrogens (primary N) is 1. The lowest BCUT2D eigenvalue weighted by atomic mass is 10.1. The molecule has 0 spiro atoms. The van der Waals surface area contributed by atoms with E-state index in [0.29, 0.717) is 11.4 Å². The number of rotatable bonds is 8. The Morgan fingerprint density at radius 2 is 1.67 bits per heavy atom. The minimum absolute atomic E-state index is 0.250. The van der Waals surface area contributed by atoms with Crippen LogP contribution in [0.3, 0.4) is 0 Å². The van der Waals surface area contributed by atoms with E-state index in [1.165, 1.54) is 31.2 Å². The smallest absolute Gasteiger partial charge is 0.338 e. The zero-order valence-corrected chi connectivity index (χ0v) is 15.2. The molecule has 0 aliphatic heterocycles. The minimum Gasteiger partial charge on any atom is -0.484 e. The Hall–Kier alpha value is -3.35. The summed E-state index contributed by atoms with van der Waals surface area (Å²) in [5, 5.41) is 2.71. The van der Waals surface area contributed by atoms with Crippen molar-refractivity contribution < 1.29 is 23.9 Å². The van der Waals surface area contributed by atoms with E-state index < -0.39 is 23.9 Å². The lowest BCUT2D eigenvalue weighted by Gasteiger charge is -2.14. The van der Waals surface area contributed by atoms with Gasteiger partial charge in [-0.05, 0) is 55.3 Å². The maximum Gasteiger partial charge on any atom is 0.338 e. The average Bonchev–Trinajstić information content (AvgIpc) is 2.67. The highest BCUT2D eigenvalue weighted by Gasteiger charge is 2.19. The van der Waals surface area contributed by atoms with Crippen molar-refractivity contribution in [3.05, 3.63) is 59.7 Å². The monoisotopic (exact) mass is 370 g/mol. The number of ether oxygens (including phenoxy) is 2. The standard InChI is InChI=1S/C20H22N2O5/c1-3-14-4-8-16(9-5-14)22-19(24)13(2)27-20(25)15-6-10-17(11-7-15)26-12-18(21)23/h4-11,13H,3,12H2,1-2H3,(H2,21,23)(H,22,24)/t13-/m0/s1. The molecule has 0 radical (unpaired) electrons. The molecular weight excluding hydrogens is 348 g/mol. The fourth-order valence-corrected chi connectivity index (χ4v) is 2.19. The van der Waals surface area contributed by atoms with Crippen LogP contribution in [0.25, 0.3) is 0 Å². The van der Waals surface area contributed by atoms with Crippen molar-refractivity contribution in [3.63, 3.8) is 0 Å². The van der Waals surface area contributed by atoms with Crippen LogP contribution in [0.1, 0.15) is 29.8 Å². The minimum atomic E-state index is -0.964. The highest BCUT2D eigenvalue weighted by Crippen LogP contribution is 2.14. The maximum atomic E-state index is 12.2. The third kappa shape index (κ3) is 6.14. The lowest BCUT2D eigenvalue weighted by Crippen LogP contribution is -2.30. The number of esters is 1. The second kappa shape index (κ2) is 9.38. The summed E-state index contributed by atoms with van der Waals surface area (Å²) in [4.78, 5) is 35.0. The Kier molecular flexibility index (Phi) is 6.93. The average molecular weight is 370 g/mol. The summed E-state index contributed by atoms with van der Waals surface area (Å²) in [6.45, 7) is 3.30. The molecule has 7 nitrogen and oxygen atoms in total. The first-order valence-electron chi connectivity index (χ1n) is 8.51. The summed E-state index contributed by atoms with van der Waals surface area (Å²) < 4.78 is 10.3. The number of anilines is 1. The second-order valence-corrected chi connectivity index (χ2v) is 5.87. The molecule has 0 aliphatic rings. The Morgan fingerprint density at radius 3 is 2.22 bits per heavy atom. The second-order valence-electron chi connectivity index (χ2n) is 5.87. The van der Waals surface area contributed by atoms with E-state index in [9.17, 15) is 14.4 Å². The summed E-state index contributed by atoms with van der Waals surface area (Å²) >= 11 is 0. The molecule has 7 heteroatoms. The summed E-state index contributed by atoms with van der Waals surface area (Å²) in [5.41, 5.74) is 7.05. The van der Waals surface area contributed by atoms with Gasteiger partial charge in [0.05, 0.1) is 5.56 Å². The first-order valence-corrected chi connectivity index (χ1v) is 8.51. The molecule has 2 aromatic carbocycles. The number of nitrogens with one attached hydrogen (secondary N) is 1. The molecule has 2 amide bonds. The van der Waals surface area contributed by atoms with Crippen molar-refractivity contribution in [2.75, 3.05) is 11.9 Å². The number of carbonyl (C=O) groups is 3. The van der Waals surface area contributed by atoms with Crippen molar-refractivity contribution >= 4 is 23.5 Å². The Balaban J connectivity index is 1.89. The fraction of sp³-hybridized carbons (Fsp3) is 0.250. The van der Waals surface area contributed by atoms with Crippen molar-refractivity contribution in [1.29, 1.82) is 0 Å². The maximum absolute atomic E-state index is 12.2. The number of benzene rings is 2. The molecule has 0 saturated carbocycles. The fourth-order valence-electron chi connectivity index (χ4n) is 2.19. The van der Waals surface area contributed by atoms with E-state index in [1.54, 1.807) is 12.1 Å². The van der Waals surface area contributed by atoms with Crippen LogP contribution in [0.15, 0.2) is 48.5 Å². The van der Waals surface area contributed by atoms with Gasteiger partial charge in [0, 0.05) is 5.69 Å². The van der Waals surface area contributed by atoms with Crippen LogP contribution in [0.5, 0.6) is 5.75 Å². The van der Waals surface area contributed by atoms with Gasteiger partial charge in [0.2, 0.25) is 0 Å². The van der Waals surface area contributed by atoms with Gasteiger partial charge in [0.25, 0.3) is 11.8 Å². The van der Waals surface area contributed by atoms with E-state index in [4.69, 9.17) is 15.2 Å². The highest BCUT2D eigenvalue weighted by atomic mass is 16.5. The molecule has 0 aliphatic carbocycles. The molecule has 2 aromatic rings. The molecule has 2 rings (SSSR count). The van der Waals surface area contributed by atoms with Crippen molar-refractivity contribution in [2.45, 2.75) is 26.4 Å². The van der Waals surface area contributed by atoms with Crippen molar-refractivity contribution in [3.8, 4) is 5.75 Å². The van der Waals surface area contributed by atoms with Crippen LogP contribution in [0, 0.1) is 0 Å². The Bertz CT molecular complexity index is 800. The number of amides is 2. The van der Waals surface area contributed by atoms with Gasteiger partial charge < -0.3 is 20.5 Å². The van der Waals surface area contributed by atoms with E-state index in [1.807, 2.05) is 19.1 Å². The van der Waals surface area contributed by atoms with Crippen molar-refractivity contribution in [1.82, 2.24) is 0 Å². The number of hydrogen-bond donors (Lipinski definition) is 2. The third-order valence-electron chi connectivity index (χ3n) is 3.75. The topological polar surface area (TPSA) is 108 Å². The highest BCUT2D eigenvalue weighted by molar-refractivity contribution is 5.97. The summed E-state index contributed by atoms with van der Waals surface area (Å²) in [6, 6.07) is 13.4. The van der Waals surface area contributed by atoms with Gasteiger partial charge in [-0.3, -0.25) is 9.59 Å². The molecule has 0 saturated heterocycles. The van der Waals surface area contributed by atoms with Gasteiger partial charge in [-0.1, -0.05) is 19.1 Å². The molecule has 0 unspecified atom stereocenters. The molecule has 1 atom stereocenters. The van der Waals surface area contributed by atoms with Gasteiger partial charge in [-0.25, -0.2) is 4.79 Å². The van der Waals surface area contributed by atoms with E-state index in [0.717, 1.165) is 12.0 Å². The summed E-state index contributed by atoms with van der Waals surface area (Å²) in [7, 11) is 0. The van der Waals surface area contributed by atoms with Gasteiger partial charge in [0.1, 0.15) is 5.75 Å².